The van der Waals surface area contributed by atoms with Crippen molar-refractivity contribution in [2.75, 3.05) is 14.2 Å². The van der Waals surface area contributed by atoms with Gasteiger partial charge in [-0.1, -0.05) is 0 Å². The van der Waals surface area contributed by atoms with Crippen molar-refractivity contribution < 1.29 is 18.6 Å². The maximum atomic E-state index is 15.2. The van der Waals surface area contributed by atoms with Gasteiger partial charge in [-0.15, -0.1) is 0 Å². The first-order chi connectivity index (χ1) is 22.5. The molecule has 2 atom stereocenters. The number of methoxy groups -OCH3 is 2. The van der Waals surface area contributed by atoms with Crippen LogP contribution in [0.2, 0.25) is 0 Å². The Kier molecular flexibility index (Phi) is 8.34. The zero-order valence-electron chi connectivity index (χ0n) is 25.5. The molecule has 0 fully saturated rings. The summed E-state index contributed by atoms with van der Waals surface area (Å²) < 4.78 is 33.8. The van der Waals surface area contributed by atoms with E-state index in [0.29, 0.717) is 27.9 Å². The SMILES string of the molecule is COc1cc(P2(=O)Oc3ccccc3-c3ccccc32)c(OC)cc1C(Br)[PH](c1ccccc1)(c1ccccc1)c1ccccc1. The van der Waals surface area contributed by atoms with Crippen LogP contribution < -0.4 is 40.5 Å². The van der Waals surface area contributed by atoms with E-state index in [0.717, 1.165) is 16.7 Å². The van der Waals surface area contributed by atoms with Crippen molar-refractivity contribution in [3.05, 3.63) is 157 Å². The predicted octanol–water partition coefficient (Wildman–Crippen LogP) is 8.11. The first-order valence-electron chi connectivity index (χ1n) is 15.1. The second-order valence-corrected chi connectivity index (χ2v) is 19.1. The van der Waals surface area contributed by atoms with Crippen molar-refractivity contribution in [2.24, 2.45) is 0 Å². The van der Waals surface area contributed by atoms with Crippen LogP contribution in [0.15, 0.2) is 152 Å². The number of hydrogen-bond acceptors (Lipinski definition) is 4. The van der Waals surface area contributed by atoms with Crippen LogP contribution in [0, 0.1) is 0 Å². The number of alkyl halides is 1. The van der Waals surface area contributed by atoms with Crippen LogP contribution in [-0.2, 0) is 4.57 Å². The van der Waals surface area contributed by atoms with Gasteiger partial charge in [0.2, 0.25) is 0 Å². The quantitative estimate of drug-likeness (QED) is 0.119. The molecule has 0 saturated heterocycles. The van der Waals surface area contributed by atoms with Gasteiger partial charge >= 0.3 is 280 Å². The number of ether oxygens (including phenoxy) is 2. The van der Waals surface area contributed by atoms with E-state index in [9.17, 15) is 0 Å². The molecule has 1 aliphatic rings. The van der Waals surface area contributed by atoms with Gasteiger partial charge in [0, 0.05) is 0 Å². The van der Waals surface area contributed by atoms with E-state index < -0.39 is 14.6 Å². The number of benzene rings is 6. The molecule has 6 aromatic rings. The van der Waals surface area contributed by atoms with Gasteiger partial charge in [-0.05, 0) is 0 Å². The molecule has 7 rings (SSSR count). The summed E-state index contributed by atoms with van der Waals surface area (Å²) in [6, 6.07) is 51.4. The Morgan fingerprint density at radius 2 is 1.07 bits per heavy atom. The summed E-state index contributed by atoms with van der Waals surface area (Å²) >= 11 is 4.28. The Balaban J connectivity index is 1.48. The molecular weight excluding hydrogens is 674 g/mol. The second-order valence-electron chi connectivity index (χ2n) is 11.2. The van der Waals surface area contributed by atoms with Crippen LogP contribution in [0.5, 0.6) is 17.2 Å². The Bertz CT molecular complexity index is 1960. The molecule has 0 aromatic heterocycles. The van der Waals surface area contributed by atoms with E-state index in [1.54, 1.807) is 14.2 Å². The van der Waals surface area contributed by atoms with Crippen LogP contribution in [0.3, 0.4) is 0 Å². The van der Waals surface area contributed by atoms with Gasteiger partial charge in [-0.25, -0.2) is 0 Å². The van der Waals surface area contributed by atoms with E-state index in [4.69, 9.17) is 14.0 Å². The number of rotatable bonds is 8. The summed E-state index contributed by atoms with van der Waals surface area (Å²) in [5.41, 5.74) is 2.71. The minimum absolute atomic E-state index is 0.202. The Hall–Kier alpha value is -4.14. The molecule has 6 aromatic carbocycles. The van der Waals surface area contributed by atoms with Gasteiger partial charge in [0.05, 0.1) is 0 Å². The van der Waals surface area contributed by atoms with Crippen molar-refractivity contribution in [3.8, 4) is 28.4 Å². The molecule has 0 aliphatic carbocycles. The molecular formula is C39H33BrO4P2. The molecule has 1 aliphatic heterocycles. The predicted molar refractivity (Wildman–Crippen MR) is 197 cm³/mol. The Morgan fingerprint density at radius 1 is 0.587 bits per heavy atom. The fraction of sp³-hybridized carbons (Fsp3) is 0.0769. The summed E-state index contributed by atoms with van der Waals surface area (Å²) in [7, 11) is -3.23. The zero-order chi connectivity index (χ0) is 31.7. The van der Waals surface area contributed by atoms with Crippen molar-refractivity contribution >= 4 is 57.1 Å². The topological polar surface area (TPSA) is 44.8 Å². The van der Waals surface area contributed by atoms with Gasteiger partial charge < -0.3 is 0 Å². The molecule has 0 saturated carbocycles. The number of halogens is 1. The molecule has 2 unspecified atom stereocenters. The molecule has 46 heavy (non-hydrogen) atoms. The average Bonchev–Trinajstić information content (AvgIpc) is 3.13. The van der Waals surface area contributed by atoms with E-state index in [2.05, 4.69) is 107 Å². The molecule has 4 nitrogen and oxygen atoms in total. The molecule has 0 amide bonds. The average molecular weight is 708 g/mol. The molecule has 0 radical (unpaired) electrons. The van der Waals surface area contributed by atoms with Crippen LogP contribution in [0.25, 0.3) is 11.1 Å². The Morgan fingerprint density at radius 3 is 1.61 bits per heavy atom. The molecule has 1 heterocycles. The van der Waals surface area contributed by atoms with Gasteiger partial charge in [0.25, 0.3) is 0 Å². The van der Waals surface area contributed by atoms with Crippen LogP contribution in [0.1, 0.15) is 10.1 Å². The Labute approximate surface area is 278 Å². The van der Waals surface area contributed by atoms with E-state index in [1.807, 2.05) is 60.7 Å². The molecule has 0 N–H and O–H groups in total. The van der Waals surface area contributed by atoms with Crippen molar-refractivity contribution in [3.63, 3.8) is 0 Å². The van der Waals surface area contributed by atoms with Gasteiger partial charge in [-0.3, -0.25) is 0 Å². The van der Waals surface area contributed by atoms with Crippen molar-refractivity contribution in [2.45, 2.75) is 4.57 Å². The third kappa shape index (κ3) is 4.90. The summed E-state index contributed by atoms with van der Waals surface area (Å²) in [5.74, 6) is 1.67. The molecule has 0 spiro atoms. The summed E-state index contributed by atoms with van der Waals surface area (Å²) in [6.45, 7) is 0. The summed E-state index contributed by atoms with van der Waals surface area (Å²) in [6.07, 6.45) is 0. The summed E-state index contributed by atoms with van der Waals surface area (Å²) in [4.78, 5) is 0. The van der Waals surface area contributed by atoms with Crippen molar-refractivity contribution in [1.82, 2.24) is 0 Å². The third-order valence-electron chi connectivity index (χ3n) is 8.81. The monoisotopic (exact) mass is 706 g/mol. The van der Waals surface area contributed by atoms with Crippen LogP contribution in [-0.4, -0.2) is 14.2 Å². The van der Waals surface area contributed by atoms with Gasteiger partial charge in [0.15, 0.2) is 0 Å². The summed E-state index contributed by atoms with van der Waals surface area (Å²) in [5, 5.41) is 4.83. The first-order valence-corrected chi connectivity index (χ1v) is 19.7. The van der Waals surface area contributed by atoms with E-state index in [-0.39, 0.29) is 4.57 Å². The van der Waals surface area contributed by atoms with Crippen LogP contribution >= 0.6 is 30.6 Å². The first kappa shape index (κ1) is 30.5. The number of hydrogen-bond donors (Lipinski definition) is 0. The zero-order valence-corrected chi connectivity index (χ0v) is 28.9. The van der Waals surface area contributed by atoms with E-state index >= 15 is 4.57 Å². The van der Waals surface area contributed by atoms with Crippen LogP contribution in [0.4, 0.5) is 0 Å². The molecule has 0 bridgehead atoms. The number of fused-ring (bicyclic) bond motifs is 3. The van der Waals surface area contributed by atoms with Gasteiger partial charge in [0.1, 0.15) is 0 Å². The number of para-hydroxylation sites is 1. The second kappa shape index (κ2) is 12.6. The maximum absolute atomic E-state index is 15.2. The van der Waals surface area contributed by atoms with Crippen molar-refractivity contribution in [1.29, 1.82) is 0 Å². The fourth-order valence-electron chi connectivity index (χ4n) is 6.70. The normalized spacial score (nSPS) is 16.3. The standard InChI is InChI=1S/C39H33BrO4P2/c1-42-35-27-38(46(41)37-25-15-13-23-32(37)31-22-12-14-24-34(31)44-46)36(43-2)26-33(35)39(40)45(28-16-6-3-7-17-28,29-18-8-4-9-19-29)30-20-10-5-11-21-30/h3-27,39,45H,1-2H3. The van der Waals surface area contributed by atoms with E-state index in [1.165, 1.54) is 15.9 Å². The third-order valence-corrected chi connectivity index (χ3v) is 18.6. The molecule has 230 valence electrons. The fourth-order valence-corrected chi connectivity index (χ4v) is 16.6. The minimum atomic E-state index is -3.66. The van der Waals surface area contributed by atoms with Gasteiger partial charge in [-0.2, -0.15) is 0 Å². The molecule has 7 heteroatoms.